The Labute approximate surface area is 207 Å². The van der Waals surface area contributed by atoms with Crippen molar-refractivity contribution in [3.8, 4) is 0 Å². The van der Waals surface area contributed by atoms with Gasteiger partial charge in [-0.05, 0) is 17.7 Å². The van der Waals surface area contributed by atoms with Gasteiger partial charge < -0.3 is 15.7 Å². The van der Waals surface area contributed by atoms with E-state index >= 15 is 0 Å². The summed E-state index contributed by atoms with van der Waals surface area (Å²) in [5, 5.41) is 14.8. The van der Waals surface area contributed by atoms with Gasteiger partial charge in [-0.1, -0.05) is 58.5 Å². The van der Waals surface area contributed by atoms with Crippen molar-refractivity contribution in [1.29, 1.82) is 0 Å². The first-order valence-corrected chi connectivity index (χ1v) is 10.7. The lowest BCUT2D eigenvalue weighted by Gasteiger charge is -2.16. The van der Waals surface area contributed by atoms with Crippen LogP contribution in [-0.4, -0.2) is 38.9 Å². The molecule has 12 heteroatoms. The van der Waals surface area contributed by atoms with Crippen molar-refractivity contribution < 1.29 is 19.5 Å². The molecule has 2 heterocycles. The number of aromatic nitrogens is 2. The number of anilines is 1. The Hall–Kier alpha value is -2.91. The zero-order valence-electron chi connectivity index (χ0n) is 16.5. The van der Waals surface area contributed by atoms with E-state index in [2.05, 4.69) is 20.6 Å². The molecule has 170 valence electrons. The van der Waals surface area contributed by atoms with Crippen LogP contribution in [0, 0.1) is 0 Å². The molecule has 0 aliphatic carbocycles. The number of halogens is 4. The molecular formula is C21H14Cl4N4O4. The summed E-state index contributed by atoms with van der Waals surface area (Å²) in [6.07, 6.45) is 5.04. The van der Waals surface area contributed by atoms with E-state index in [1.54, 1.807) is 24.3 Å². The van der Waals surface area contributed by atoms with Gasteiger partial charge in [0.1, 0.15) is 6.04 Å². The maximum atomic E-state index is 12.5. The van der Waals surface area contributed by atoms with Gasteiger partial charge in [0.05, 0.1) is 31.2 Å². The predicted octanol–water partition coefficient (Wildman–Crippen LogP) is 4.77. The molecule has 1 atom stereocenters. The average molecular weight is 528 g/mol. The van der Waals surface area contributed by atoms with E-state index in [1.165, 1.54) is 24.8 Å². The van der Waals surface area contributed by atoms with E-state index in [0.29, 0.717) is 11.3 Å². The van der Waals surface area contributed by atoms with Gasteiger partial charge in [-0.2, -0.15) is 0 Å². The van der Waals surface area contributed by atoms with Crippen molar-refractivity contribution >= 4 is 69.9 Å². The van der Waals surface area contributed by atoms with Crippen molar-refractivity contribution in [2.75, 3.05) is 5.32 Å². The highest BCUT2D eigenvalue weighted by Gasteiger charge is 2.24. The highest BCUT2D eigenvalue weighted by molar-refractivity contribution is 6.40. The van der Waals surface area contributed by atoms with Gasteiger partial charge in [0.15, 0.2) is 0 Å². The van der Waals surface area contributed by atoms with Gasteiger partial charge in [-0.3, -0.25) is 19.6 Å². The smallest absolute Gasteiger partial charge is 0.326 e. The first kappa shape index (κ1) is 24.7. The van der Waals surface area contributed by atoms with E-state index < -0.39 is 23.8 Å². The van der Waals surface area contributed by atoms with Gasteiger partial charge in [0.25, 0.3) is 11.8 Å². The zero-order valence-corrected chi connectivity index (χ0v) is 19.5. The van der Waals surface area contributed by atoms with Crippen molar-refractivity contribution in [3.63, 3.8) is 0 Å². The van der Waals surface area contributed by atoms with Gasteiger partial charge in [-0.15, -0.1) is 0 Å². The lowest BCUT2D eigenvalue weighted by Crippen LogP contribution is -2.42. The van der Waals surface area contributed by atoms with Crippen LogP contribution in [0.4, 0.5) is 5.69 Å². The first-order chi connectivity index (χ1) is 15.7. The number of pyridine rings is 2. The van der Waals surface area contributed by atoms with Crippen LogP contribution in [-0.2, 0) is 11.2 Å². The summed E-state index contributed by atoms with van der Waals surface area (Å²) in [6.45, 7) is 0. The van der Waals surface area contributed by atoms with Crippen LogP contribution < -0.4 is 10.6 Å². The highest BCUT2D eigenvalue weighted by Crippen LogP contribution is 2.25. The highest BCUT2D eigenvalue weighted by atomic mass is 35.5. The molecule has 0 unspecified atom stereocenters. The van der Waals surface area contributed by atoms with Gasteiger partial charge in [0, 0.05) is 36.9 Å². The van der Waals surface area contributed by atoms with Gasteiger partial charge >= 0.3 is 5.97 Å². The third kappa shape index (κ3) is 6.11. The minimum Gasteiger partial charge on any atom is -0.480 e. The second-order valence-electron chi connectivity index (χ2n) is 6.68. The molecule has 33 heavy (non-hydrogen) atoms. The number of aliphatic carboxylic acids is 1. The van der Waals surface area contributed by atoms with Gasteiger partial charge in [0.2, 0.25) is 0 Å². The third-order valence-corrected chi connectivity index (χ3v) is 5.56. The van der Waals surface area contributed by atoms with E-state index in [0.717, 1.165) is 0 Å². The fourth-order valence-electron chi connectivity index (χ4n) is 2.84. The molecular weight excluding hydrogens is 514 g/mol. The third-order valence-electron chi connectivity index (χ3n) is 4.42. The summed E-state index contributed by atoms with van der Waals surface area (Å²) in [4.78, 5) is 44.2. The number of rotatable bonds is 7. The standard InChI is InChI=1S/C21H14Cl4N4O4/c22-12-6-26-7-13(23)17(12)19(30)28-11-3-1-10(2-4-11)5-16(21(32)33)29-20(31)18-14(24)8-27-9-15(18)25/h1-4,6-9,16H,5H2,(H,28,30)(H,29,31)(H,32,33)/t16-/m0/s1. The van der Waals surface area contributed by atoms with Crippen molar-refractivity contribution in [1.82, 2.24) is 15.3 Å². The summed E-state index contributed by atoms with van der Waals surface area (Å²) in [6, 6.07) is 5.12. The topological polar surface area (TPSA) is 121 Å². The Kier molecular flexibility index (Phi) is 8.10. The quantitative estimate of drug-likeness (QED) is 0.407. The van der Waals surface area contributed by atoms with Crippen molar-refractivity contribution in [2.24, 2.45) is 0 Å². The number of carboxylic acids is 1. The lowest BCUT2D eigenvalue weighted by atomic mass is 10.0. The number of benzene rings is 1. The second kappa shape index (κ2) is 10.8. The monoisotopic (exact) mass is 526 g/mol. The zero-order chi connectivity index (χ0) is 24.1. The van der Waals surface area contributed by atoms with Crippen LogP contribution in [0.1, 0.15) is 26.3 Å². The summed E-state index contributed by atoms with van der Waals surface area (Å²) >= 11 is 23.9. The number of carbonyl (C=O) groups is 3. The Morgan fingerprint density at radius 1 is 0.788 bits per heavy atom. The summed E-state index contributed by atoms with van der Waals surface area (Å²) < 4.78 is 0. The number of nitrogens with zero attached hydrogens (tertiary/aromatic N) is 2. The molecule has 3 aromatic rings. The fraction of sp³-hybridized carbons (Fsp3) is 0.0952. The van der Waals surface area contributed by atoms with Crippen LogP contribution in [0.5, 0.6) is 0 Å². The van der Waals surface area contributed by atoms with Crippen molar-refractivity contribution in [3.05, 3.63) is 85.8 Å². The molecule has 0 aliphatic rings. The molecule has 2 aromatic heterocycles. The van der Waals surface area contributed by atoms with Crippen LogP contribution >= 0.6 is 46.4 Å². The maximum Gasteiger partial charge on any atom is 0.326 e. The summed E-state index contributed by atoms with van der Waals surface area (Å²) in [5.41, 5.74) is 1.04. The molecule has 0 saturated heterocycles. The Morgan fingerprint density at radius 3 is 1.70 bits per heavy atom. The van der Waals surface area contributed by atoms with Crippen LogP contribution in [0.15, 0.2) is 49.1 Å². The molecule has 3 N–H and O–H groups in total. The number of carboxylic acid groups (broad SMARTS) is 1. The van der Waals surface area contributed by atoms with E-state index in [4.69, 9.17) is 46.4 Å². The maximum absolute atomic E-state index is 12.5. The van der Waals surface area contributed by atoms with Crippen LogP contribution in [0.3, 0.4) is 0 Å². The Bertz CT molecular complexity index is 1180. The lowest BCUT2D eigenvalue weighted by molar-refractivity contribution is -0.139. The van der Waals surface area contributed by atoms with E-state index in [1.807, 2.05) is 0 Å². The molecule has 0 fully saturated rings. The normalized spacial score (nSPS) is 11.5. The molecule has 2 amide bonds. The molecule has 3 rings (SSSR count). The first-order valence-electron chi connectivity index (χ1n) is 9.19. The molecule has 0 aliphatic heterocycles. The summed E-state index contributed by atoms with van der Waals surface area (Å²) in [5.74, 6) is -2.51. The second-order valence-corrected chi connectivity index (χ2v) is 8.30. The predicted molar refractivity (Wildman–Crippen MR) is 126 cm³/mol. The minimum absolute atomic E-state index is 0.00126. The Balaban J connectivity index is 1.70. The molecule has 0 radical (unpaired) electrons. The number of carbonyl (C=O) groups excluding carboxylic acids is 2. The fourth-order valence-corrected chi connectivity index (χ4v) is 3.91. The van der Waals surface area contributed by atoms with E-state index in [9.17, 15) is 19.5 Å². The van der Waals surface area contributed by atoms with Crippen LogP contribution in [0.25, 0.3) is 0 Å². The van der Waals surface area contributed by atoms with Crippen molar-refractivity contribution in [2.45, 2.75) is 12.5 Å². The largest absolute Gasteiger partial charge is 0.480 e. The van der Waals surface area contributed by atoms with E-state index in [-0.39, 0.29) is 37.6 Å². The summed E-state index contributed by atoms with van der Waals surface area (Å²) in [7, 11) is 0. The molecule has 0 saturated carbocycles. The number of hydrogen-bond donors (Lipinski definition) is 3. The number of amides is 2. The number of hydrogen-bond acceptors (Lipinski definition) is 5. The molecule has 0 bridgehead atoms. The van der Waals surface area contributed by atoms with Crippen LogP contribution in [0.2, 0.25) is 20.1 Å². The number of nitrogens with one attached hydrogen (secondary N) is 2. The minimum atomic E-state index is -1.26. The Morgan fingerprint density at radius 2 is 1.24 bits per heavy atom. The van der Waals surface area contributed by atoms with Gasteiger partial charge in [-0.25, -0.2) is 4.79 Å². The SMILES string of the molecule is O=C(Nc1ccc(C[C@H](NC(=O)c2c(Cl)cncc2Cl)C(=O)O)cc1)c1c(Cl)cncc1Cl. The molecule has 1 aromatic carbocycles. The molecule has 0 spiro atoms. The average Bonchev–Trinajstić information content (AvgIpc) is 2.74. The molecule has 8 nitrogen and oxygen atoms in total.